The van der Waals surface area contributed by atoms with Crippen LogP contribution < -0.4 is 5.56 Å². The molecule has 0 radical (unpaired) electrons. The van der Waals surface area contributed by atoms with E-state index in [2.05, 4.69) is 4.98 Å². The molecule has 15 heavy (non-hydrogen) atoms. The van der Waals surface area contributed by atoms with Crippen molar-refractivity contribution < 1.29 is 9.90 Å². The number of aliphatic carboxylic acids is 1. The van der Waals surface area contributed by atoms with Crippen LogP contribution in [0.4, 0.5) is 0 Å². The smallest absolute Gasteiger partial charge is 0.307 e. The third kappa shape index (κ3) is 2.04. The number of rotatable bonds is 2. The second kappa shape index (κ2) is 3.57. The third-order valence-electron chi connectivity index (χ3n) is 2.15. The minimum atomic E-state index is -0.882. The number of H-pyrrole nitrogens is 1. The zero-order valence-corrected chi connectivity index (χ0v) is 7.86. The van der Waals surface area contributed by atoms with Crippen LogP contribution in [0.5, 0.6) is 0 Å². The molecule has 2 N–H and O–H groups in total. The first-order valence-electron chi connectivity index (χ1n) is 4.49. The third-order valence-corrected chi connectivity index (χ3v) is 2.15. The van der Waals surface area contributed by atoms with Gasteiger partial charge in [-0.25, -0.2) is 0 Å². The molecular formula is C11H9NO3. The van der Waals surface area contributed by atoms with E-state index in [-0.39, 0.29) is 12.0 Å². The molecule has 0 aliphatic rings. The SMILES string of the molecule is O=C(O)Cc1ccc2ccc(=O)[nH]c2c1. The van der Waals surface area contributed by atoms with Crippen LogP contribution in [0.2, 0.25) is 0 Å². The Labute approximate surface area is 85.2 Å². The Bertz CT molecular complexity index is 571. The maximum absolute atomic E-state index is 11.0. The van der Waals surface area contributed by atoms with Crippen LogP contribution >= 0.6 is 0 Å². The van der Waals surface area contributed by atoms with Gasteiger partial charge in [-0.2, -0.15) is 0 Å². The topological polar surface area (TPSA) is 70.2 Å². The lowest BCUT2D eigenvalue weighted by Gasteiger charge is -2.00. The molecule has 0 bridgehead atoms. The molecule has 1 heterocycles. The summed E-state index contributed by atoms with van der Waals surface area (Å²) in [7, 11) is 0. The van der Waals surface area contributed by atoms with Crippen molar-refractivity contribution in [1.82, 2.24) is 4.98 Å². The Morgan fingerprint density at radius 3 is 2.73 bits per heavy atom. The average Bonchev–Trinajstić information content (AvgIpc) is 2.16. The van der Waals surface area contributed by atoms with E-state index in [1.807, 2.05) is 0 Å². The number of aromatic nitrogens is 1. The van der Waals surface area contributed by atoms with Gasteiger partial charge in [0.15, 0.2) is 0 Å². The van der Waals surface area contributed by atoms with Crippen molar-refractivity contribution in [2.24, 2.45) is 0 Å². The standard InChI is InChI=1S/C11H9NO3/c13-10-4-3-8-2-1-7(6-11(14)15)5-9(8)12-10/h1-5H,6H2,(H,12,13)(H,14,15). The fourth-order valence-corrected chi connectivity index (χ4v) is 1.48. The van der Waals surface area contributed by atoms with Crippen molar-refractivity contribution >= 4 is 16.9 Å². The van der Waals surface area contributed by atoms with Gasteiger partial charge in [0.25, 0.3) is 0 Å². The minimum Gasteiger partial charge on any atom is -0.481 e. The molecule has 2 rings (SSSR count). The van der Waals surface area contributed by atoms with Gasteiger partial charge in [-0.3, -0.25) is 9.59 Å². The Balaban J connectivity index is 2.54. The average molecular weight is 203 g/mol. The zero-order chi connectivity index (χ0) is 10.8. The van der Waals surface area contributed by atoms with E-state index in [4.69, 9.17) is 5.11 Å². The second-order valence-corrected chi connectivity index (χ2v) is 3.31. The fraction of sp³-hybridized carbons (Fsp3) is 0.0909. The molecule has 76 valence electrons. The monoisotopic (exact) mass is 203 g/mol. The second-order valence-electron chi connectivity index (χ2n) is 3.31. The largest absolute Gasteiger partial charge is 0.481 e. The molecule has 0 amide bonds. The van der Waals surface area contributed by atoms with Crippen LogP contribution in [-0.4, -0.2) is 16.1 Å². The van der Waals surface area contributed by atoms with Crippen LogP contribution in [0, 0.1) is 0 Å². The Hall–Kier alpha value is -2.10. The molecular weight excluding hydrogens is 194 g/mol. The van der Waals surface area contributed by atoms with Crippen LogP contribution in [0.1, 0.15) is 5.56 Å². The summed E-state index contributed by atoms with van der Waals surface area (Å²) in [6.07, 6.45) is -0.0349. The van der Waals surface area contributed by atoms with E-state index in [0.29, 0.717) is 11.1 Å². The van der Waals surface area contributed by atoms with Crippen LogP contribution in [-0.2, 0) is 11.2 Å². The van der Waals surface area contributed by atoms with Gasteiger partial charge in [-0.1, -0.05) is 12.1 Å². The fourth-order valence-electron chi connectivity index (χ4n) is 1.48. The van der Waals surface area contributed by atoms with E-state index in [1.165, 1.54) is 6.07 Å². The normalized spacial score (nSPS) is 10.4. The molecule has 0 atom stereocenters. The minimum absolute atomic E-state index is 0.0349. The van der Waals surface area contributed by atoms with Gasteiger partial charge in [0.05, 0.1) is 6.42 Å². The number of fused-ring (bicyclic) bond motifs is 1. The molecule has 0 saturated carbocycles. The number of hydrogen-bond donors (Lipinski definition) is 2. The van der Waals surface area contributed by atoms with Gasteiger partial charge < -0.3 is 10.1 Å². The van der Waals surface area contributed by atoms with E-state index < -0.39 is 5.97 Å². The molecule has 0 aliphatic carbocycles. The summed E-state index contributed by atoms with van der Waals surface area (Å²) < 4.78 is 0. The van der Waals surface area contributed by atoms with E-state index in [0.717, 1.165) is 5.39 Å². The number of pyridine rings is 1. The van der Waals surface area contributed by atoms with Gasteiger partial charge in [0.2, 0.25) is 5.56 Å². The number of benzene rings is 1. The van der Waals surface area contributed by atoms with E-state index in [1.54, 1.807) is 24.3 Å². The summed E-state index contributed by atoms with van der Waals surface area (Å²) in [5.41, 5.74) is 1.16. The molecule has 4 nitrogen and oxygen atoms in total. The quantitative estimate of drug-likeness (QED) is 0.769. The maximum Gasteiger partial charge on any atom is 0.307 e. The summed E-state index contributed by atoms with van der Waals surface area (Å²) in [6, 6.07) is 8.38. The number of carboxylic acid groups (broad SMARTS) is 1. The molecule has 2 aromatic rings. The van der Waals surface area contributed by atoms with Gasteiger partial charge in [-0.15, -0.1) is 0 Å². The predicted molar refractivity (Wildman–Crippen MR) is 55.9 cm³/mol. The summed E-state index contributed by atoms with van der Waals surface area (Å²) in [4.78, 5) is 24.2. The number of aromatic amines is 1. The lowest BCUT2D eigenvalue weighted by atomic mass is 10.1. The molecule has 0 spiro atoms. The van der Waals surface area contributed by atoms with Crippen molar-refractivity contribution in [2.45, 2.75) is 6.42 Å². The molecule has 1 aromatic carbocycles. The van der Waals surface area contributed by atoms with Gasteiger partial charge in [0.1, 0.15) is 0 Å². The molecule has 0 fully saturated rings. The van der Waals surface area contributed by atoms with E-state index >= 15 is 0 Å². The molecule has 4 heteroatoms. The van der Waals surface area contributed by atoms with E-state index in [9.17, 15) is 9.59 Å². The lowest BCUT2D eigenvalue weighted by molar-refractivity contribution is -0.136. The first kappa shape index (κ1) is 9.45. The summed E-state index contributed by atoms with van der Waals surface area (Å²) >= 11 is 0. The molecule has 1 aromatic heterocycles. The van der Waals surface area contributed by atoms with Gasteiger partial charge in [0, 0.05) is 11.6 Å². The Kier molecular flexibility index (Phi) is 2.25. The number of nitrogens with one attached hydrogen (secondary N) is 1. The van der Waals surface area contributed by atoms with Crippen molar-refractivity contribution in [3.05, 3.63) is 46.2 Å². The highest BCUT2D eigenvalue weighted by molar-refractivity contribution is 5.80. The number of hydrogen-bond acceptors (Lipinski definition) is 2. The Morgan fingerprint density at radius 2 is 2.00 bits per heavy atom. The number of carboxylic acids is 1. The zero-order valence-electron chi connectivity index (χ0n) is 7.86. The first-order chi connectivity index (χ1) is 7.15. The summed E-state index contributed by atoms with van der Waals surface area (Å²) in [5, 5.41) is 9.51. The van der Waals surface area contributed by atoms with Crippen LogP contribution in [0.3, 0.4) is 0 Å². The summed E-state index contributed by atoms with van der Waals surface area (Å²) in [6.45, 7) is 0. The molecule has 0 saturated heterocycles. The Morgan fingerprint density at radius 1 is 1.27 bits per heavy atom. The van der Waals surface area contributed by atoms with Crippen molar-refractivity contribution in [2.75, 3.05) is 0 Å². The maximum atomic E-state index is 11.0. The first-order valence-corrected chi connectivity index (χ1v) is 4.49. The highest BCUT2D eigenvalue weighted by atomic mass is 16.4. The lowest BCUT2D eigenvalue weighted by Crippen LogP contribution is -2.04. The predicted octanol–water partition coefficient (Wildman–Crippen LogP) is 1.16. The molecule has 0 aliphatic heterocycles. The van der Waals surface area contributed by atoms with Crippen molar-refractivity contribution in [1.29, 1.82) is 0 Å². The van der Waals surface area contributed by atoms with Crippen molar-refractivity contribution in [3.63, 3.8) is 0 Å². The number of carbonyl (C=O) groups is 1. The van der Waals surface area contributed by atoms with Crippen LogP contribution in [0.15, 0.2) is 35.1 Å². The highest BCUT2D eigenvalue weighted by Gasteiger charge is 2.01. The van der Waals surface area contributed by atoms with Gasteiger partial charge in [-0.05, 0) is 23.1 Å². The summed E-state index contributed by atoms with van der Waals surface area (Å²) in [5.74, 6) is -0.882. The van der Waals surface area contributed by atoms with Gasteiger partial charge >= 0.3 is 5.97 Å². The molecule has 0 unspecified atom stereocenters. The van der Waals surface area contributed by atoms with Crippen molar-refractivity contribution in [3.8, 4) is 0 Å². The van der Waals surface area contributed by atoms with Crippen LogP contribution in [0.25, 0.3) is 10.9 Å². The highest BCUT2D eigenvalue weighted by Crippen LogP contribution is 2.12.